The molecule has 0 aliphatic carbocycles. The second-order valence-corrected chi connectivity index (χ2v) is 8.73. The average Bonchev–Trinajstić information content (AvgIpc) is 2.53. The molecule has 2 rings (SSSR count). The van der Waals surface area contributed by atoms with Gasteiger partial charge in [0.25, 0.3) is 5.91 Å². The first-order valence-electron chi connectivity index (χ1n) is 8.70. The monoisotopic (exact) mass is 396 g/mol. The molecule has 0 unspecified atom stereocenters. The summed E-state index contributed by atoms with van der Waals surface area (Å²) < 4.78 is 38.7. The van der Waals surface area contributed by atoms with Crippen molar-refractivity contribution in [2.75, 3.05) is 19.3 Å². The molecule has 0 bridgehead atoms. The third kappa shape index (κ3) is 5.20. The van der Waals surface area contributed by atoms with Gasteiger partial charge in [-0.1, -0.05) is 0 Å². The Kier molecular flexibility index (Phi) is 6.48. The number of fused-ring (bicyclic) bond motifs is 1. The minimum atomic E-state index is -3.31. The van der Waals surface area contributed by atoms with Gasteiger partial charge in [0.05, 0.1) is 28.7 Å². The van der Waals surface area contributed by atoms with Gasteiger partial charge in [-0.15, -0.1) is 0 Å². The number of rotatable bonds is 7. The van der Waals surface area contributed by atoms with Crippen LogP contribution in [0.15, 0.2) is 12.1 Å². The van der Waals surface area contributed by atoms with Crippen molar-refractivity contribution >= 4 is 27.0 Å². The maximum absolute atomic E-state index is 13.9. The van der Waals surface area contributed by atoms with Crippen LogP contribution in [0.2, 0.25) is 0 Å². The first kappa shape index (κ1) is 21.2. The van der Waals surface area contributed by atoms with Crippen molar-refractivity contribution in [2.45, 2.75) is 40.2 Å². The topological polar surface area (TPSA) is 92.3 Å². The number of hydrogen-bond acceptors (Lipinski definition) is 5. The van der Waals surface area contributed by atoms with Gasteiger partial charge >= 0.3 is 0 Å². The summed E-state index contributed by atoms with van der Waals surface area (Å²) in [4.78, 5) is 21.2. The molecule has 0 radical (unpaired) electrons. The maximum Gasteiger partial charge on any atom is 0.253 e. The van der Waals surface area contributed by atoms with Crippen LogP contribution in [-0.2, 0) is 10.0 Å². The highest BCUT2D eigenvalue weighted by molar-refractivity contribution is 7.88. The predicted octanol–water partition coefficient (Wildman–Crippen LogP) is 2.18. The molecule has 148 valence electrons. The Morgan fingerprint density at radius 3 is 2.44 bits per heavy atom. The Labute approximate surface area is 159 Å². The van der Waals surface area contributed by atoms with Crippen molar-refractivity contribution in [2.24, 2.45) is 0 Å². The normalized spacial score (nSPS) is 12.1. The Bertz CT molecular complexity index is 961. The number of benzene rings is 1. The second kappa shape index (κ2) is 8.26. The van der Waals surface area contributed by atoms with Gasteiger partial charge in [-0.05, 0) is 40.2 Å². The minimum absolute atomic E-state index is 0.115. The van der Waals surface area contributed by atoms with E-state index in [9.17, 15) is 17.6 Å². The lowest BCUT2D eigenvalue weighted by molar-refractivity contribution is 0.0953. The zero-order valence-corrected chi connectivity index (χ0v) is 17.0. The predicted molar refractivity (Wildman–Crippen MR) is 103 cm³/mol. The van der Waals surface area contributed by atoms with Gasteiger partial charge in [-0.2, -0.15) is 4.31 Å². The van der Waals surface area contributed by atoms with E-state index in [1.165, 1.54) is 10.4 Å². The van der Waals surface area contributed by atoms with Crippen LogP contribution in [0.1, 0.15) is 42.0 Å². The molecular weight excluding hydrogens is 371 g/mol. The molecule has 1 heterocycles. The summed E-state index contributed by atoms with van der Waals surface area (Å²) in [5.74, 6) is -1.03. The fourth-order valence-electron chi connectivity index (χ4n) is 2.81. The number of carbonyl (C=O) groups is 1. The number of nitrogens with zero attached hydrogens (tertiary/aromatic N) is 3. The zero-order valence-electron chi connectivity index (χ0n) is 16.2. The van der Waals surface area contributed by atoms with Gasteiger partial charge in [0.2, 0.25) is 10.0 Å². The lowest BCUT2D eigenvalue weighted by atomic mass is 10.1. The Hall–Kier alpha value is -2.13. The van der Waals surface area contributed by atoms with Crippen molar-refractivity contribution in [3.05, 3.63) is 34.9 Å². The van der Waals surface area contributed by atoms with Gasteiger partial charge in [0.15, 0.2) is 0 Å². The summed E-state index contributed by atoms with van der Waals surface area (Å²) in [5.41, 5.74) is 2.13. The zero-order chi connectivity index (χ0) is 20.4. The molecule has 0 spiro atoms. The molecule has 0 atom stereocenters. The Balaban J connectivity index is 2.12. The molecule has 1 amide bonds. The molecule has 1 aromatic heterocycles. The van der Waals surface area contributed by atoms with Crippen LogP contribution >= 0.6 is 0 Å². The van der Waals surface area contributed by atoms with Crippen LogP contribution in [-0.4, -0.2) is 54.0 Å². The van der Waals surface area contributed by atoms with E-state index < -0.39 is 21.7 Å². The lowest BCUT2D eigenvalue weighted by Crippen LogP contribution is -2.38. The molecule has 1 N–H and O–H groups in total. The number of sulfonamides is 1. The average molecular weight is 396 g/mol. The molecule has 9 heteroatoms. The first-order chi connectivity index (χ1) is 12.5. The summed E-state index contributed by atoms with van der Waals surface area (Å²) in [5, 5.41) is 2.70. The van der Waals surface area contributed by atoms with Crippen LogP contribution in [0, 0.1) is 19.7 Å². The van der Waals surface area contributed by atoms with E-state index in [4.69, 9.17) is 0 Å². The lowest BCUT2D eigenvalue weighted by Gasteiger charge is -2.23. The van der Waals surface area contributed by atoms with Crippen molar-refractivity contribution < 1.29 is 17.6 Å². The van der Waals surface area contributed by atoms with E-state index in [-0.39, 0.29) is 18.2 Å². The third-order valence-corrected chi connectivity index (χ3v) is 5.69. The summed E-state index contributed by atoms with van der Waals surface area (Å²) in [6.45, 7) is 7.68. The second-order valence-electron chi connectivity index (χ2n) is 6.79. The van der Waals surface area contributed by atoms with Gasteiger partial charge < -0.3 is 5.32 Å². The highest BCUT2D eigenvalue weighted by atomic mass is 32.2. The molecule has 7 nitrogen and oxygen atoms in total. The van der Waals surface area contributed by atoms with Crippen molar-refractivity contribution in [1.82, 2.24) is 19.6 Å². The molecule has 0 saturated heterocycles. The third-order valence-electron chi connectivity index (χ3n) is 4.23. The fraction of sp³-hybridized carbons (Fsp3) is 0.500. The van der Waals surface area contributed by atoms with Crippen LogP contribution in [0.3, 0.4) is 0 Å². The van der Waals surface area contributed by atoms with Gasteiger partial charge in [-0.3, -0.25) is 4.79 Å². The maximum atomic E-state index is 13.9. The molecular formula is C18H25FN4O3S. The number of aryl methyl sites for hydroxylation is 2. The van der Waals surface area contributed by atoms with Crippen LogP contribution < -0.4 is 5.32 Å². The number of halogens is 1. The van der Waals surface area contributed by atoms with Gasteiger partial charge in [0.1, 0.15) is 11.3 Å². The summed E-state index contributed by atoms with van der Waals surface area (Å²) in [6.07, 6.45) is 1.60. The standard InChI is InChI=1S/C18H25FN4O3S/c1-11(2)23(27(5,25)26)8-6-7-20-18(24)15-9-14(19)10-16-17(15)22-13(4)12(3)21-16/h9-11H,6-8H2,1-5H3,(H,20,24). The van der Waals surface area contributed by atoms with Crippen molar-refractivity contribution in [3.63, 3.8) is 0 Å². The minimum Gasteiger partial charge on any atom is -0.352 e. The smallest absolute Gasteiger partial charge is 0.253 e. The molecule has 2 aromatic rings. The number of hydrogen-bond donors (Lipinski definition) is 1. The van der Waals surface area contributed by atoms with E-state index in [0.29, 0.717) is 35.4 Å². The molecule has 0 fully saturated rings. The number of carbonyl (C=O) groups excluding carboxylic acids is 1. The van der Waals surface area contributed by atoms with Gasteiger partial charge in [-0.25, -0.2) is 22.8 Å². The van der Waals surface area contributed by atoms with Crippen LogP contribution in [0.4, 0.5) is 4.39 Å². The molecule has 0 aliphatic rings. The highest BCUT2D eigenvalue weighted by Crippen LogP contribution is 2.19. The first-order valence-corrected chi connectivity index (χ1v) is 10.5. The molecule has 27 heavy (non-hydrogen) atoms. The SMILES string of the molecule is Cc1nc2cc(F)cc(C(=O)NCCCN(C(C)C)S(C)(=O)=O)c2nc1C. The number of amides is 1. The fourth-order valence-corrected chi connectivity index (χ4v) is 4.04. The number of aromatic nitrogens is 2. The van der Waals surface area contributed by atoms with E-state index in [1.54, 1.807) is 27.7 Å². The van der Waals surface area contributed by atoms with Crippen molar-refractivity contribution in [1.29, 1.82) is 0 Å². The van der Waals surface area contributed by atoms with Crippen LogP contribution in [0.5, 0.6) is 0 Å². The molecule has 1 aromatic carbocycles. The Morgan fingerprint density at radius 1 is 1.22 bits per heavy atom. The highest BCUT2D eigenvalue weighted by Gasteiger charge is 2.20. The Morgan fingerprint density at radius 2 is 1.85 bits per heavy atom. The van der Waals surface area contributed by atoms with Gasteiger partial charge in [0, 0.05) is 25.2 Å². The largest absolute Gasteiger partial charge is 0.352 e. The van der Waals surface area contributed by atoms with Crippen molar-refractivity contribution in [3.8, 4) is 0 Å². The molecule has 0 saturated carbocycles. The summed E-state index contributed by atoms with van der Waals surface area (Å²) >= 11 is 0. The quantitative estimate of drug-likeness (QED) is 0.724. The number of nitrogens with one attached hydrogen (secondary N) is 1. The molecule has 0 aliphatic heterocycles. The summed E-state index contributed by atoms with van der Waals surface area (Å²) in [7, 11) is -3.31. The van der Waals surface area contributed by atoms with E-state index in [2.05, 4.69) is 15.3 Å². The van der Waals surface area contributed by atoms with E-state index in [0.717, 1.165) is 12.3 Å². The van der Waals surface area contributed by atoms with Crippen LogP contribution in [0.25, 0.3) is 11.0 Å². The summed E-state index contributed by atoms with van der Waals surface area (Å²) in [6, 6.07) is 2.22. The van der Waals surface area contributed by atoms with E-state index in [1.807, 2.05) is 0 Å². The van der Waals surface area contributed by atoms with E-state index >= 15 is 0 Å².